The SMILES string of the molecule is CS(=O)(=O)N1CCN(Cc2ccc(C(N)=NO)cc2)CC1. The summed E-state index contributed by atoms with van der Waals surface area (Å²) in [6.07, 6.45) is 1.24. The highest BCUT2D eigenvalue weighted by Gasteiger charge is 2.23. The number of oxime groups is 1. The molecule has 21 heavy (non-hydrogen) atoms. The molecule has 0 spiro atoms. The van der Waals surface area contributed by atoms with Crippen molar-refractivity contribution in [1.29, 1.82) is 0 Å². The van der Waals surface area contributed by atoms with Crippen molar-refractivity contribution in [2.75, 3.05) is 32.4 Å². The summed E-state index contributed by atoms with van der Waals surface area (Å²) in [5, 5.41) is 11.6. The van der Waals surface area contributed by atoms with Gasteiger partial charge in [0.2, 0.25) is 10.0 Å². The Labute approximate surface area is 124 Å². The predicted molar refractivity (Wildman–Crippen MR) is 80.6 cm³/mol. The number of amidine groups is 1. The molecule has 7 nitrogen and oxygen atoms in total. The van der Waals surface area contributed by atoms with Crippen molar-refractivity contribution in [3.63, 3.8) is 0 Å². The molecule has 1 saturated heterocycles. The third-order valence-corrected chi connectivity index (χ3v) is 4.87. The highest BCUT2D eigenvalue weighted by molar-refractivity contribution is 7.88. The van der Waals surface area contributed by atoms with E-state index in [-0.39, 0.29) is 5.84 Å². The van der Waals surface area contributed by atoms with Crippen molar-refractivity contribution in [2.45, 2.75) is 6.54 Å². The molecule has 0 bridgehead atoms. The second kappa shape index (κ2) is 6.42. The summed E-state index contributed by atoms with van der Waals surface area (Å²) in [6, 6.07) is 7.46. The van der Waals surface area contributed by atoms with Gasteiger partial charge in [0.1, 0.15) is 0 Å². The molecule has 1 aromatic rings. The maximum absolute atomic E-state index is 11.4. The lowest BCUT2D eigenvalue weighted by atomic mass is 10.1. The number of hydrogen-bond donors (Lipinski definition) is 2. The van der Waals surface area contributed by atoms with Gasteiger partial charge in [-0.1, -0.05) is 29.4 Å². The normalized spacial score (nSPS) is 18.8. The fourth-order valence-corrected chi connectivity index (χ4v) is 3.14. The molecule has 1 aliphatic heterocycles. The van der Waals surface area contributed by atoms with Gasteiger partial charge in [0.25, 0.3) is 0 Å². The van der Waals surface area contributed by atoms with E-state index in [1.807, 2.05) is 12.1 Å². The molecule has 8 heteroatoms. The van der Waals surface area contributed by atoms with Crippen LogP contribution in [-0.2, 0) is 16.6 Å². The number of hydrogen-bond acceptors (Lipinski definition) is 5. The Morgan fingerprint density at radius 2 is 1.81 bits per heavy atom. The molecule has 0 aliphatic carbocycles. The first-order valence-electron chi connectivity index (χ1n) is 6.64. The first-order chi connectivity index (χ1) is 9.90. The topological polar surface area (TPSA) is 99.2 Å². The first-order valence-corrected chi connectivity index (χ1v) is 8.49. The minimum Gasteiger partial charge on any atom is -0.409 e. The van der Waals surface area contributed by atoms with Crippen LogP contribution in [0.4, 0.5) is 0 Å². The smallest absolute Gasteiger partial charge is 0.211 e. The number of sulfonamides is 1. The van der Waals surface area contributed by atoms with Crippen LogP contribution in [0, 0.1) is 0 Å². The lowest BCUT2D eigenvalue weighted by Crippen LogP contribution is -2.47. The lowest BCUT2D eigenvalue weighted by molar-refractivity contribution is 0.182. The van der Waals surface area contributed by atoms with Gasteiger partial charge in [0.05, 0.1) is 6.26 Å². The third kappa shape index (κ3) is 4.16. The van der Waals surface area contributed by atoms with Crippen LogP contribution in [0.25, 0.3) is 0 Å². The molecule has 0 unspecified atom stereocenters. The summed E-state index contributed by atoms with van der Waals surface area (Å²) in [7, 11) is -3.08. The highest BCUT2D eigenvalue weighted by Crippen LogP contribution is 2.11. The first kappa shape index (κ1) is 15.7. The van der Waals surface area contributed by atoms with Crippen molar-refractivity contribution in [1.82, 2.24) is 9.21 Å². The molecule has 0 saturated carbocycles. The van der Waals surface area contributed by atoms with Crippen LogP contribution in [0.1, 0.15) is 11.1 Å². The molecule has 0 aromatic heterocycles. The van der Waals surface area contributed by atoms with Gasteiger partial charge in [0, 0.05) is 38.3 Å². The molecule has 2 rings (SSSR count). The van der Waals surface area contributed by atoms with E-state index in [0.29, 0.717) is 18.7 Å². The fourth-order valence-electron chi connectivity index (χ4n) is 2.32. The minimum absolute atomic E-state index is 0.0864. The van der Waals surface area contributed by atoms with E-state index in [1.54, 1.807) is 12.1 Å². The van der Waals surface area contributed by atoms with Crippen LogP contribution >= 0.6 is 0 Å². The van der Waals surface area contributed by atoms with Crippen LogP contribution in [0.5, 0.6) is 0 Å². The largest absolute Gasteiger partial charge is 0.409 e. The van der Waals surface area contributed by atoms with E-state index < -0.39 is 10.0 Å². The Hall–Kier alpha value is -1.64. The van der Waals surface area contributed by atoms with Crippen molar-refractivity contribution < 1.29 is 13.6 Å². The monoisotopic (exact) mass is 312 g/mol. The number of piperazine rings is 1. The summed E-state index contributed by atoms with van der Waals surface area (Å²) >= 11 is 0. The van der Waals surface area contributed by atoms with Crippen molar-refractivity contribution >= 4 is 15.9 Å². The van der Waals surface area contributed by atoms with E-state index >= 15 is 0 Å². The summed E-state index contributed by atoms with van der Waals surface area (Å²) in [6.45, 7) is 3.25. The maximum Gasteiger partial charge on any atom is 0.211 e. The van der Waals surface area contributed by atoms with Gasteiger partial charge >= 0.3 is 0 Å². The second-order valence-electron chi connectivity index (χ2n) is 5.12. The Kier molecular flexibility index (Phi) is 4.81. The molecular weight excluding hydrogens is 292 g/mol. The molecule has 0 radical (unpaired) electrons. The Bertz CT molecular complexity index is 605. The molecule has 1 heterocycles. The predicted octanol–water partition coefficient (Wildman–Crippen LogP) is -0.142. The molecule has 1 aliphatic rings. The Morgan fingerprint density at radius 3 is 2.29 bits per heavy atom. The summed E-state index contributed by atoms with van der Waals surface area (Å²) in [4.78, 5) is 2.21. The Balaban J connectivity index is 1.92. The second-order valence-corrected chi connectivity index (χ2v) is 7.10. The van der Waals surface area contributed by atoms with E-state index in [9.17, 15) is 8.42 Å². The van der Waals surface area contributed by atoms with Gasteiger partial charge in [-0.05, 0) is 5.56 Å². The summed E-state index contributed by atoms with van der Waals surface area (Å²) in [5.41, 5.74) is 7.29. The quantitative estimate of drug-likeness (QED) is 0.349. The number of rotatable bonds is 4. The molecular formula is C13H20N4O3S. The number of benzene rings is 1. The van der Waals surface area contributed by atoms with E-state index in [1.165, 1.54) is 10.6 Å². The van der Waals surface area contributed by atoms with Crippen molar-refractivity contribution in [3.8, 4) is 0 Å². The maximum atomic E-state index is 11.4. The van der Waals surface area contributed by atoms with E-state index in [4.69, 9.17) is 10.9 Å². The average Bonchev–Trinajstić information content (AvgIpc) is 2.47. The summed E-state index contributed by atoms with van der Waals surface area (Å²) in [5.74, 6) is 0.0864. The standard InChI is InChI=1S/C13H20N4O3S/c1-21(19,20)17-8-6-16(7-9-17)10-11-2-4-12(5-3-11)13(14)15-18/h2-5,18H,6-10H2,1H3,(H2,14,15). The highest BCUT2D eigenvalue weighted by atomic mass is 32.2. The zero-order valence-corrected chi connectivity index (χ0v) is 12.8. The summed E-state index contributed by atoms with van der Waals surface area (Å²) < 4.78 is 24.4. The van der Waals surface area contributed by atoms with Gasteiger partial charge < -0.3 is 10.9 Å². The molecule has 3 N–H and O–H groups in total. The van der Waals surface area contributed by atoms with Gasteiger partial charge in [-0.15, -0.1) is 0 Å². The van der Waals surface area contributed by atoms with Crippen molar-refractivity contribution in [2.24, 2.45) is 10.9 Å². The lowest BCUT2D eigenvalue weighted by Gasteiger charge is -2.33. The zero-order valence-electron chi connectivity index (χ0n) is 11.9. The van der Waals surface area contributed by atoms with Crippen LogP contribution in [-0.4, -0.2) is 61.1 Å². The Morgan fingerprint density at radius 1 is 1.24 bits per heavy atom. The van der Waals surface area contributed by atoms with Crippen molar-refractivity contribution in [3.05, 3.63) is 35.4 Å². The average molecular weight is 312 g/mol. The van der Waals surface area contributed by atoms with Crippen LogP contribution in [0.2, 0.25) is 0 Å². The van der Waals surface area contributed by atoms with Crippen LogP contribution in [0.15, 0.2) is 29.4 Å². The fraction of sp³-hybridized carbons (Fsp3) is 0.462. The third-order valence-electron chi connectivity index (χ3n) is 3.56. The molecule has 0 amide bonds. The van der Waals surface area contributed by atoms with Gasteiger partial charge in [-0.25, -0.2) is 8.42 Å². The molecule has 1 aromatic carbocycles. The van der Waals surface area contributed by atoms with E-state index in [2.05, 4.69) is 10.1 Å². The van der Waals surface area contributed by atoms with Crippen LogP contribution < -0.4 is 5.73 Å². The molecule has 1 fully saturated rings. The van der Waals surface area contributed by atoms with Gasteiger partial charge in [-0.2, -0.15) is 4.31 Å². The zero-order chi connectivity index (χ0) is 15.5. The van der Waals surface area contributed by atoms with Crippen LogP contribution in [0.3, 0.4) is 0 Å². The van der Waals surface area contributed by atoms with Gasteiger partial charge in [0.15, 0.2) is 5.84 Å². The van der Waals surface area contributed by atoms with E-state index in [0.717, 1.165) is 25.2 Å². The molecule has 116 valence electrons. The number of nitrogens with zero attached hydrogens (tertiary/aromatic N) is 3. The molecule has 0 atom stereocenters. The minimum atomic E-state index is -3.08. The number of nitrogens with two attached hydrogens (primary N) is 1. The van der Waals surface area contributed by atoms with Gasteiger partial charge in [-0.3, -0.25) is 4.90 Å².